The predicted molar refractivity (Wildman–Crippen MR) is 86.9 cm³/mol. The van der Waals surface area contributed by atoms with E-state index in [2.05, 4.69) is 35.3 Å². The summed E-state index contributed by atoms with van der Waals surface area (Å²) in [7, 11) is 0. The summed E-state index contributed by atoms with van der Waals surface area (Å²) in [6.45, 7) is 1.85. The first-order valence-electron chi connectivity index (χ1n) is 6.92. The number of carbonyl (C=O) groups excluding carboxylic acids is 1. The summed E-state index contributed by atoms with van der Waals surface area (Å²) in [4.78, 5) is 18.0. The molecule has 0 fully saturated rings. The van der Waals surface area contributed by atoms with Crippen molar-refractivity contribution >= 4 is 28.3 Å². The van der Waals surface area contributed by atoms with Crippen LogP contribution in [0.4, 0.5) is 0 Å². The highest BCUT2D eigenvalue weighted by Gasteiger charge is 2.05. The maximum absolute atomic E-state index is 11.6. The second kappa shape index (κ2) is 6.10. The maximum atomic E-state index is 11.6. The molecule has 21 heavy (non-hydrogen) atoms. The van der Waals surface area contributed by atoms with Gasteiger partial charge >= 0.3 is 0 Å². The quantitative estimate of drug-likeness (QED) is 0.635. The van der Waals surface area contributed by atoms with E-state index < -0.39 is 0 Å². The summed E-state index contributed by atoms with van der Waals surface area (Å²) in [5.74, 6) is 0.0808. The van der Waals surface area contributed by atoms with E-state index in [4.69, 9.17) is 0 Å². The Morgan fingerprint density at radius 1 is 1.00 bits per heavy atom. The summed E-state index contributed by atoms with van der Waals surface area (Å²) < 4.78 is 0. The molecule has 3 heteroatoms. The van der Waals surface area contributed by atoms with E-state index in [1.54, 1.807) is 24.0 Å². The fourth-order valence-corrected chi connectivity index (χ4v) is 2.99. The zero-order valence-corrected chi connectivity index (χ0v) is 12.6. The van der Waals surface area contributed by atoms with Gasteiger partial charge in [-0.1, -0.05) is 49.0 Å². The van der Waals surface area contributed by atoms with Gasteiger partial charge in [-0.2, -0.15) is 0 Å². The molecule has 0 N–H and O–H groups in total. The highest BCUT2D eigenvalue weighted by molar-refractivity contribution is 7.99. The standard InChI is InChI=1S/C18H15NOS/c1-2-18(20)17-10-9-16(12-19-17)21-15-8-7-13-5-3-4-6-14(13)11-15/h3-12H,2H2,1H3. The van der Waals surface area contributed by atoms with E-state index in [1.807, 2.05) is 25.1 Å². The van der Waals surface area contributed by atoms with Crippen LogP contribution in [0.15, 0.2) is 70.6 Å². The number of carbonyl (C=O) groups is 1. The fourth-order valence-electron chi connectivity index (χ4n) is 2.15. The molecule has 0 saturated carbocycles. The van der Waals surface area contributed by atoms with Gasteiger partial charge in [-0.05, 0) is 35.0 Å². The zero-order valence-electron chi connectivity index (χ0n) is 11.7. The fraction of sp³-hybridized carbons (Fsp3) is 0.111. The lowest BCUT2D eigenvalue weighted by atomic mass is 10.1. The van der Waals surface area contributed by atoms with Crippen molar-refractivity contribution in [2.75, 3.05) is 0 Å². The molecule has 2 nitrogen and oxygen atoms in total. The van der Waals surface area contributed by atoms with Crippen molar-refractivity contribution in [1.82, 2.24) is 4.98 Å². The topological polar surface area (TPSA) is 30.0 Å². The minimum absolute atomic E-state index is 0.0808. The van der Waals surface area contributed by atoms with Crippen LogP contribution in [0.1, 0.15) is 23.8 Å². The molecule has 0 aliphatic carbocycles. The van der Waals surface area contributed by atoms with Crippen LogP contribution in [0.5, 0.6) is 0 Å². The van der Waals surface area contributed by atoms with Gasteiger partial charge in [0.1, 0.15) is 5.69 Å². The number of benzene rings is 2. The molecule has 3 rings (SSSR count). The third-order valence-corrected chi connectivity index (χ3v) is 4.27. The maximum Gasteiger partial charge on any atom is 0.180 e. The summed E-state index contributed by atoms with van der Waals surface area (Å²) in [5.41, 5.74) is 0.542. The molecule has 1 aromatic heterocycles. The number of fused-ring (bicyclic) bond motifs is 1. The van der Waals surface area contributed by atoms with E-state index in [-0.39, 0.29) is 5.78 Å². The number of rotatable bonds is 4. The number of pyridine rings is 1. The lowest BCUT2D eigenvalue weighted by Crippen LogP contribution is -1.99. The number of aromatic nitrogens is 1. The van der Waals surface area contributed by atoms with E-state index in [1.165, 1.54) is 15.7 Å². The molecule has 0 radical (unpaired) electrons. The van der Waals surface area contributed by atoms with Crippen LogP contribution < -0.4 is 0 Å². The minimum Gasteiger partial charge on any atom is -0.292 e. The Balaban J connectivity index is 1.83. The van der Waals surface area contributed by atoms with Crippen LogP contribution in [-0.4, -0.2) is 10.8 Å². The average molecular weight is 293 g/mol. The summed E-state index contributed by atoms with van der Waals surface area (Å²) in [5, 5.41) is 2.47. The first kappa shape index (κ1) is 13.8. The molecule has 0 aliphatic rings. The van der Waals surface area contributed by atoms with Crippen LogP contribution in [-0.2, 0) is 0 Å². The van der Waals surface area contributed by atoms with Crippen LogP contribution in [0.2, 0.25) is 0 Å². The second-order valence-corrected chi connectivity index (χ2v) is 5.91. The number of Topliss-reactive ketones (excluding diaryl/α,β-unsaturated/α-hetero) is 1. The van der Waals surface area contributed by atoms with Gasteiger partial charge in [0, 0.05) is 22.4 Å². The van der Waals surface area contributed by atoms with Gasteiger partial charge in [0.2, 0.25) is 0 Å². The molecular weight excluding hydrogens is 278 g/mol. The molecule has 1 heterocycles. The van der Waals surface area contributed by atoms with Gasteiger partial charge in [-0.15, -0.1) is 0 Å². The predicted octanol–water partition coefficient (Wildman–Crippen LogP) is 4.98. The van der Waals surface area contributed by atoms with Gasteiger partial charge in [-0.25, -0.2) is 0 Å². The van der Waals surface area contributed by atoms with E-state index in [0.29, 0.717) is 12.1 Å². The molecule has 0 atom stereocenters. The smallest absolute Gasteiger partial charge is 0.180 e. The van der Waals surface area contributed by atoms with E-state index in [0.717, 1.165) is 4.90 Å². The summed E-state index contributed by atoms with van der Waals surface area (Å²) in [6, 6.07) is 18.5. The summed E-state index contributed by atoms with van der Waals surface area (Å²) >= 11 is 1.66. The molecule has 0 aliphatic heterocycles. The third kappa shape index (κ3) is 3.14. The Bertz CT molecular complexity index is 781. The highest BCUT2D eigenvalue weighted by Crippen LogP contribution is 2.29. The minimum atomic E-state index is 0.0808. The van der Waals surface area contributed by atoms with Crippen LogP contribution in [0.3, 0.4) is 0 Å². The largest absolute Gasteiger partial charge is 0.292 e. The zero-order chi connectivity index (χ0) is 14.7. The van der Waals surface area contributed by atoms with Gasteiger partial charge in [-0.3, -0.25) is 9.78 Å². The van der Waals surface area contributed by atoms with E-state index >= 15 is 0 Å². The molecule has 0 saturated heterocycles. The van der Waals surface area contributed by atoms with Crippen molar-refractivity contribution in [1.29, 1.82) is 0 Å². The Morgan fingerprint density at radius 3 is 2.48 bits per heavy atom. The van der Waals surface area contributed by atoms with Crippen LogP contribution in [0.25, 0.3) is 10.8 Å². The van der Waals surface area contributed by atoms with Gasteiger partial charge in [0.15, 0.2) is 5.78 Å². The Hall–Kier alpha value is -2.13. The van der Waals surface area contributed by atoms with Crippen molar-refractivity contribution in [2.45, 2.75) is 23.1 Å². The first-order valence-corrected chi connectivity index (χ1v) is 7.74. The lowest BCUT2D eigenvalue weighted by molar-refractivity contribution is 0.0983. The molecular formula is C18H15NOS. The third-order valence-electron chi connectivity index (χ3n) is 3.30. The van der Waals surface area contributed by atoms with Crippen molar-refractivity contribution in [3.63, 3.8) is 0 Å². The molecule has 2 aromatic carbocycles. The number of hydrogen-bond acceptors (Lipinski definition) is 3. The average Bonchev–Trinajstić information content (AvgIpc) is 2.55. The van der Waals surface area contributed by atoms with Gasteiger partial charge in [0.05, 0.1) is 0 Å². The van der Waals surface area contributed by atoms with Crippen LogP contribution in [0, 0.1) is 0 Å². The Labute approximate surface area is 128 Å². The summed E-state index contributed by atoms with van der Waals surface area (Å²) in [6.07, 6.45) is 2.26. The van der Waals surface area contributed by atoms with E-state index in [9.17, 15) is 4.79 Å². The lowest BCUT2D eigenvalue weighted by Gasteiger charge is -2.04. The molecule has 104 valence electrons. The molecule has 0 bridgehead atoms. The van der Waals surface area contributed by atoms with Crippen LogP contribution >= 0.6 is 11.8 Å². The normalized spacial score (nSPS) is 10.7. The molecule has 0 unspecified atom stereocenters. The van der Waals surface area contributed by atoms with Crippen molar-refractivity contribution < 1.29 is 4.79 Å². The Kier molecular flexibility index (Phi) is 4.02. The monoisotopic (exact) mass is 293 g/mol. The first-order chi connectivity index (χ1) is 10.3. The highest BCUT2D eigenvalue weighted by atomic mass is 32.2. The Morgan fingerprint density at radius 2 is 1.76 bits per heavy atom. The number of ketones is 1. The second-order valence-electron chi connectivity index (χ2n) is 4.77. The molecule has 3 aromatic rings. The van der Waals surface area contributed by atoms with Crippen molar-refractivity contribution in [3.05, 3.63) is 66.5 Å². The van der Waals surface area contributed by atoms with Crippen molar-refractivity contribution in [2.24, 2.45) is 0 Å². The SMILES string of the molecule is CCC(=O)c1ccc(Sc2ccc3ccccc3c2)cn1. The van der Waals surface area contributed by atoms with Gasteiger partial charge < -0.3 is 0 Å². The molecule has 0 spiro atoms. The number of hydrogen-bond donors (Lipinski definition) is 0. The number of nitrogens with zero attached hydrogens (tertiary/aromatic N) is 1. The van der Waals surface area contributed by atoms with Crippen molar-refractivity contribution in [3.8, 4) is 0 Å². The molecule has 0 amide bonds. The van der Waals surface area contributed by atoms with Gasteiger partial charge in [0.25, 0.3) is 0 Å².